The third-order valence-corrected chi connectivity index (χ3v) is 6.55. The summed E-state index contributed by atoms with van der Waals surface area (Å²) in [6.07, 6.45) is 2.05. The smallest absolute Gasteiger partial charge is 0.164 e. The molecule has 0 radical (unpaired) electrons. The molecule has 2 aromatic carbocycles. The number of fused-ring (bicyclic) bond motifs is 2. The van der Waals surface area contributed by atoms with Gasteiger partial charge in [0.05, 0.1) is 18.2 Å². The SMILES string of the molecule is CC(C)C1COc2c(OCC(C)C3CCc4ccc(O)c(Cl)c43)cccc21. The first kappa shape index (κ1) is 18.5. The predicted octanol–water partition coefficient (Wildman–Crippen LogP) is 5.92. The number of aryl methyl sites for hydroxylation is 1. The number of benzene rings is 2. The van der Waals surface area contributed by atoms with Gasteiger partial charge in [0, 0.05) is 11.5 Å². The number of aromatic hydroxyl groups is 1. The molecule has 0 bridgehead atoms. The summed E-state index contributed by atoms with van der Waals surface area (Å²) in [5.74, 6) is 3.50. The molecule has 0 saturated heterocycles. The van der Waals surface area contributed by atoms with Crippen LogP contribution in [0.15, 0.2) is 30.3 Å². The van der Waals surface area contributed by atoms with E-state index in [9.17, 15) is 5.11 Å². The van der Waals surface area contributed by atoms with E-state index in [1.165, 1.54) is 11.1 Å². The normalized spacial score (nSPS) is 21.7. The highest BCUT2D eigenvalue weighted by Crippen LogP contribution is 2.47. The van der Waals surface area contributed by atoms with E-state index in [1.807, 2.05) is 12.1 Å². The van der Waals surface area contributed by atoms with E-state index in [4.69, 9.17) is 21.1 Å². The van der Waals surface area contributed by atoms with E-state index < -0.39 is 0 Å². The molecule has 0 amide bonds. The Hall–Kier alpha value is -1.87. The fraction of sp³-hybridized carbons (Fsp3) is 0.478. The minimum atomic E-state index is 0.171. The minimum absolute atomic E-state index is 0.171. The van der Waals surface area contributed by atoms with E-state index in [0.29, 0.717) is 35.3 Å². The van der Waals surface area contributed by atoms with Crippen LogP contribution in [0.1, 0.15) is 55.7 Å². The second-order valence-electron chi connectivity index (χ2n) is 8.24. The van der Waals surface area contributed by atoms with Gasteiger partial charge in [-0.3, -0.25) is 0 Å². The van der Waals surface area contributed by atoms with Crippen LogP contribution in [0, 0.1) is 11.8 Å². The van der Waals surface area contributed by atoms with Crippen LogP contribution in [-0.2, 0) is 6.42 Å². The van der Waals surface area contributed by atoms with E-state index in [2.05, 4.69) is 32.9 Å². The van der Waals surface area contributed by atoms with E-state index >= 15 is 0 Å². The van der Waals surface area contributed by atoms with E-state index in [0.717, 1.165) is 36.5 Å². The molecule has 1 aliphatic heterocycles. The summed E-state index contributed by atoms with van der Waals surface area (Å²) >= 11 is 6.41. The quantitative estimate of drug-likeness (QED) is 0.692. The van der Waals surface area contributed by atoms with Crippen molar-refractivity contribution in [3.8, 4) is 17.2 Å². The molecule has 27 heavy (non-hydrogen) atoms. The largest absolute Gasteiger partial charge is 0.506 e. The minimum Gasteiger partial charge on any atom is -0.506 e. The van der Waals surface area contributed by atoms with Crippen LogP contribution in [0.4, 0.5) is 0 Å². The molecule has 1 heterocycles. The van der Waals surface area contributed by atoms with E-state index in [-0.39, 0.29) is 5.75 Å². The lowest BCUT2D eigenvalue weighted by Gasteiger charge is -2.22. The van der Waals surface area contributed by atoms with Crippen molar-refractivity contribution in [1.29, 1.82) is 0 Å². The van der Waals surface area contributed by atoms with Gasteiger partial charge in [-0.2, -0.15) is 0 Å². The number of halogens is 1. The Morgan fingerprint density at radius 1 is 1.19 bits per heavy atom. The maximum Gasteiger partial charge on any atom is 0.164 e. The van der Waals surface area contributed by atoms with Gasteiger partial charge < -0.3 is 14.6 Å². The van der Waals surface area contributed by atoms with Crippen LogP contribution in [0.25, 0.3) is 0 Å². The Kier molecular flexibility index (Phi) is 4.98. The number of ether oxygens (including phenoxy) is 2. The summed E-state index contributed by atoms with van der Waals surface area (Å²) in [5.41, 5.74) is 3.61. The van der Waals surface area contributed by atoms with Crippen LogP contribution in [0.5, 0.6) is 17.2 Å². The molecule has 0 aromatic heterocycles. The van der Waals surface area contributed by atoms with Gasteiger partial charge in [0.1, 0.15) is 5.75 Å². The number of hydrogen-bond acceptors (Lipinski definition) is 3. The topological polar surface area (TPSA) is 38.7 Å². The first-order chi connectivity index (χ1) is 13.0. The number of phenolic OH excluding ortho intramolecular Hbond substituents is 1. The zero-order valence-corrected chi connectivity index (χ0v) is 16.9. The molecule has 0 spiro atoms. The van der Waals surface area contributed by atoms with Gasteiger partial charge >= 0.3 is 0 Å². The lowest BCUT2D eigenvalue weighted by Crippen LogP contribution is -2.16. The van der Waals surface area contributed by atoms with Crippen molar-refractivity contribution in [2.24, 2.45) is 11.8 Å². The molecule has 3 atom stereocenters. The van der Waals surface area contributed by atoms with Crippen LogP contribution in [0.3, 0.4) is 0 Å². The summed E-state index contributed by atoms with van der Waals surface area (Å²) in [4.78, 5) is 0. The number of rotatable bonds is 5. The van der Waals surface area contributed by atoms with Crippen molar-refractivity contribution in [2.75, 3.05) is 13.2 Å². The first-order valence-electron chi connectivity index (χ1n) is 9.86. The van der Waals surface area contributed by atoms with Gasteiger partial charge in [0.25, 0.3) is 0 Å². The molecule has 3 nitrogen and oxygen atoms in total. The fourth-order valence-electron chi connectivity index (χ4n) is 4.51. The Balaban J connectivity index is 1.50. The molecule has 144 valence electrons. The fourth-order valence-corrected chi connectivity index (χ4v) is 4.83. The Morgan fingerprint density at radius 3 is 2.78 bits per heavy atom. The maximum absolute atomic E-state index is 9.99. The van der Waals surface area contributed by atoms with Gasteiger partial charge in [-0.15, -0.1) is 0 Å². The standard InChI is InChI=1S/C23H27ClO3/c1-13(2)18-12-27-23-17(18)5-4-6-20(23)26-11-14(3)16-9-7-15-8-10-19(25)22(24)21(15)16/h4-6,8,10,13-14,16,18,25H,7,9,11-12H2,1-3H3. The van der Waals surface area contributed by atoms with Crippen LogP contribution < -0.4 is 9.47 Å². The van der Waals surface area contributed by atoms with Crippen molar-refractivity contribution in [3.05, 3.63) is 52.0 Å². The molecule has 1 N–H and O–H groups in total. The molecule has 2 aromatic rings. The molecule has 4 rings (SSSR count). The Morgan fingerprint density at radius 2 is 2.00 bits per heavy atom. The van der Waals surface area contributed by atoms with Crippen molar-refractivity contribution in [3.63, 3.8) is 0 Å². The second kappa shape index (κ2) is 7.27. The monoisotopic (exact) mass is 386 g/mol. The molecular weight excluding hydrogens is 360 g/mol. The maximum atomic E-state index is 9.99. The van der Waals surface area contributed by atoms with Gasteiger partial charge in [-0.1, -0.05) is 50.6 Å². The lowest BCUT2D eigenvalue weighted by atomic mass is 9.89. The average Bonchev–Trinajstić information content (AvgIpc) is 3.27. The number of hydrogen-bond donors (Lipinski definition) is 1. The Bertz CT molecular complexity index is 846. The predicted molar refractivity (Wildman–Crippen MR) is 108 cm³/mol. The lowest BCUT2D eigenvalue weighted by molar-refractivity contribution is 0.222. The Labute approximate surface area is 166 Å². The van der Waals surface area contributed by atoms with E-state index in [1.54, 1.807) is 6.07 Å². The summed E-state index contributed by atoms with van der Waals surface area (Å²) in [6.45, 7) is 7.99. The third kappa shape index (κ3) is 3.27. The molecule has 0 saturated carbocycles. The zero-order chi connectivity index (χ0) is 19.1. The van der Waals surface area contributed by atoms with Gasteiger partial charge in [0.2, 0.25) is 0 Å². The van der Waals surface area contributed by atoms with Gasteiger partial charge in [-0.25, -0.2) is 0 Å². The number of para-hydroxylation sites is 1. The summed E-state index contributed by atoms with van der Waals surface area (Å²) in [6, 6.07) is 9.89. The van der Waals surface area contributed by atoms with Crippen LogP contribution >= 0.6 is 11.6 Å². The molecule has 2 aliphatic rings. The van der Waals surface area contributed by atoms with Crippen molar-refractivity contribution in [1.82, 2.24) is 0 Å². The second-order valence-corrected chi connectivity index (χ2v) is 8.62. The molecule has 3 unspecified atom stereocenters. The highest BCUT2D eigenvalue weighted by atomic mass is 35.5. The summed E-state index contributed by atoms with van der Waals surface area (Å²) < 4.78 is 12.2. The van der Waals surface area contributed by atoms with Crippen molar-refractivity contribution < 1.29 is 14.6 Å². The first-order valence-corrected chi connectivity index (χ1v) is 10.2. The third-order valence-electron chi connectivity index (χ3n) is 6.15. The summed E-state index contributed by atoms with van der Waals surface area (Å²) in [5, 5.41) is 10.5. The number of phenols is 1. The molecule has 4 heteroatoms. The highest BCUT2D eigenvalue weighted by molar-refractivity contribution is 6.33. The summed E-state index contributed by atoms with van der Waals surface area (Å²) in [7, 11) is 0. The zero-order valence-electron chi connectivity index (χ0n) is 16.2. The average molecular weight is 387 g/mol. The van der Waals surface area contributed by atoms with Crippen molar-refractivity contribution in [2.45, 2.75) is 45.4 Å². The van der Waals surface area contributed by atoms with Gasteiger partial charge in [-0.05, 0) is 53.9 Å². The van der Waals surface area contributed by atoms with Crippen LogP contribution in [-0.4, -0.2) is 18.3 Å². The molecular formula is C23H27ClO3. The van der Waals surface area contributed by atoms with Gasteiger partial charge in [0.15, 0.2) is 11.5 Å². The van der Waals surface area contributed by atoms with Crippen LogP contribution in [0.2, 0.25) is 5.02 Å². The highest BCUT2D eigenvalue weighted by Gasteiger charge is 2.32. The molecule has 0 fully saturated rings. The van der Waals surface area contributed by atoms with Crippen molar-refractivity contribution >= 4 is 11.6 Å². The molecule has 1 aliphatic carbocycles.